The summed E-state index contributed by atoms with van der Waals surface area (Å²) in [5, 5.41) is 9.46. The van der Waals surface area contributed by atoms with Crippen LogP contribution >= 0.6 is 0 Å². The average Bonchev–Trinajstić information content (AvgIpc) is 2.48. The van der Waals surface area contributed by atoms with Gasteiger partial charge in [0.1, 0.15) is 0 Å². The van der Waals surface area contributed by atoms with Crippen molar-refractivity contribution >= 4 is 0 Å². The van der Waals surface area contributed by atoms with Crippen molar-refractivity contribution in [3.63, 3.8) is 0 Å². The van der Waals surface area contributed by atoms with Crippen LogP contribution in [0.25, 0.3) is 0 Å². The molecule has 2 atom stereocenters. The third kappa shape index (κ3) is 2.83. The molecule has 1 aliphatic heterocycles. The van der Waals surface area contributed by atoms with Crippen molar-refractivity contribution in [2.75, 3.05) is 32.9 Å². The van der Waals surface area contributed by atoms with Gasteiger partial charge in [-0.15, -0.1) is 0 Å². The SMILES string of the molecule is OCC1COCCN1CC1CCCc2ccccc21. The number of aliphatic hydroxyl groups excluding tert-OH is 1. The molecule has 0 spiro atoms. The molecular weight excluding hydrogens is 238 g/mol. The molecule has 0 radical (unpaired) electrons. The van der Waals surface area contributed by atoms with Gasteiger partial charge >= 0.3 is 0 Å². The average molecular weight is 261 g/mol. The Morgan fingerprint density at radius 3 is 3.11 bits per heavy atom. The normalized spacial score (nSPS) is 28.1. The second-order valence-electron chi connectivity index (χ2n) is 5.69. The highest BCUT2D eigenvalue weighted by atomic mass is 16.5. The summed E-state index contributed by atoms with van der Waals surface area (Å²) in [6, 6.07) is 9.03. The van der Waals surface area contributed by atoms with Gasteiger partial charge in [0.2, 0.25) is 0 Å². The first kappa shape index (κ1) is 13.1. The van der Waals surface area contributed by atoms with Crippen LogP contribution in [-0.2, 0) is 11.2 Å². The summed E-state index contributed by atoms with van der Waals surface area (Å²) in [5.74, 6) is 0.622. The van der Waals surface area contributed by atoms with E-state index in [1.807, 2.05) is 0 Å². The standard InChI is InChI=1S/C16H23NO2/c18-11-15-12-19-9-8-17(15)10-14-6-3-5-13-4-1-2-7-16(13)14/h1-2,4,7,14-15,18H,3,5-6,8-12H2. The number of fused-ring (bicyclic) bond motifs is 1. The number of hydrogen-bond acceptors (Lipinski definition) is 3. The minimum Gasteiger partial charge on any atom is -0.395 e. The molecule has 1 aromatic carbocycles. The topological polar surface area (TPSA) is 32.7 Å². The van der Waals surface area contributed by atoms with E-state index in [2.05, 4.69) is 29.2 Å². The van der Waals surface area contributed by atoms with Crippen molar-refractivity contribution in [1.82, 2.24) is 4.90 Å². The highest BCUT2D eigenvalue weighted by Gasteiger charge is 2.27. The number of benzene rings is 1. The Kier molecular flexibility index (Phi) is 4.16. The Bertz CT molecular complexity index is 421. The van der Waals surface area contributed by atoms with E-state index in [0.29, 0.717) is 12.5 Å². The van der Waals surface area contributed by atoms with E-state index in [9.17, 15) is 5.11 Å². The lowest BCUT2D eigenvalue weighted by Crippen LogP contribution is -2.49. The molecule has 1 fully saturated rings. The molecule has 1 N–H and O–H groups in total. The third-order valence-corrected chi connectivity index (χ3v) is 4.51. The van der Waals surface area contributed by atoms with Crippen molar-refractivity contribution < 1.29 is 9.84 Å². The maximum atomic E-state index is 9.46. The number of nitrogens with zero attached hydrogens (tertiary/aromatic N) is 1. The summed E-state index contributed by atoms with van der Waals surface area (Å²) in [4.78, 5) is 2.41. The molecule has 3 nitrogen and oxygen atoms in total. The molecular formula is C16H23NO2. The Morgan fingerprint density at radius 1 is 1.32 bits per heavy atom. The van der Waals surface area contributed by atoms with Crippen molar-refractivity contribution in [1.29, 1.82) is 0 Å². The van der Waals surface area contributed by atoms with Crippen LogP contribution in [0.5, 0.6) is 0 Å². The molecule has 2 aliphatic rings. The number of hydrogen-bond donors (Lipinski definition) is 1. The van der Waals surface area contributed by atoms with Crippen molar-refractivity contribution in [2.24, 2.45) is 0 Å². The molecule has 1 aliphatic carbocycles. The van der Waals surface area contributed by atoms with Gasteiger partial charge in [-0.05, 0) is 36.3 Å². The van der Waals surface area contributed by atoms with E-state index >= 15 is 0 Å². The first-order chi connectivity index (χ1) is 9.38. The third-order valence-electron chi connectivity index (χ3n) is 4.51. The van der Waals surface area contributed by atoms with E-state index in [0.717, 1.165) is 19.7 Å². The first-order valence-electron chi connectivity index (χ1n) is 7.39. The minimum atomic E-state index is 0.183. The van der Waals surface area contributed by atoms with Gasteiger partial charge in [0, 0.05) is 13.1 Å². The van der Waals surface area contributed by atoms with Gasteiger partial charge in [-0.2, -0.15) is 0 Å². The summed E-state index contributed by atoms with van der Waals surface area (Å²) < 4.78 is 5.46. The van der Waals surface area contributed by atoms with Gasteiger partial charge in [0.25, 0.3) is 0 Å². The highest BCUT2D eigenvalue weighted by Crippen LogP contribution is 2.32. The van der Waals surface area contributed by atoms with Crippen LogP contribution in [0.4, 0.5) is 0 Å². The number of aliphatic hydroxyl groups is 1. The molecule has 0 aromatic heterocycles. The summed E-state index contributed by atoms with van der Waals surface area (Å²) >= 11 is 0. The van der Waals surface area contributed by atoms with Crippen molar-refractivity contribution in [3.8, 4) is 0 Å². The van der Waals surface area contributed by atoms with Crippen LogP contribution in [0.1, 0.15) is 29.9 Å². The molecule has 1 aromatic rings. The maximum absolute atomic E-state index is 9.46. The van der Waals surface area contributed by atoms with Gasteiger partial charge in [-0.3, -0.25) is 4.90 Å². The van der Waals surface area contributed by atoms with Gasteiger partial charge in [-0.25, -0.2) is 0 Å². The Hall–Kier alpha value is -0.900. The van der Waals surface area contributed by atoms with Crippen LogP contribution < -0.4 is 0 Å². The number of rotatable bonds is 3. The molecule has 1 saturated heterocycles. The number of morpholine rings is 1. The molecule has 0 bridgehead atoms. The van der Waals surface area contributed by atoms with Crippen LogP contribution in [0.2, 0.25) is 0 Å². The van der Waals surface area contributed by atoms with Gasteiger partial charge < -0.3 is 9.84 Å². The second-order valence-corrected chi connectivity index (χ2v) is 5.69. The number of ether oxygens (including phenoxy) is 1. The first-order valence-corrected chi connectivity index (χ1v) is 7.39. The van der Waals surface area contributed by atoms with Crippen LogP contribution in [-0.4, -0.2) is 49.0 Å². The largest absolute Gasteiger partial charge is 0.395 e. The van der Waals surface area contributed by atoms with E-state index in [-0.39, 0.29) is 12.6 Å². The zero-order valence-electron chi connectivity index (χ0n) is 11.4. The fourth-order valence-electron chi connectivity index (χ4n) is 3.42. The molecule has 0 amide bonds. The lowest BCUT2D eigenvalue weighted by atomic mass is 9.82. The fourth-order valence-corrected chi connectivity index (χ4v) is 3.42. The second kappa shape index (κ2) is 6.04. The maximum Gasteiger partial charge on any atom is 0.0644 e. The van der Waals surface area contributed by atoms with E-state index in [4.69, 9.17) is 4.74 Å². The summed E-state index contributed by atoms with van der Waals surface area (Å²) in [6.07, 6.45) is 3.78. The fraction of sp³-hybridized carbons (Fsp3) is 0.625. The summed E-state index contributed by atoms with van der Waals surface area (Å²) in [6.45, 7) is 3.68. The predicted molar refractivity (Wildman–Crippen MR) is 75.4 cm³/mol. The van der Waals surface area contributed by atoms with Crippen LogP contribution in [0.15, 0.2) is 24.3 Å². The van der Waals surface area contributed by atoms with Gasteiger partial charge in [-0.1, -0.05) is 24.3 Å². The Morgan fingerprint density at radius 2 is 2.21 bits per heavy atom. The minimum absolute atomic E-state index is 0.183. The van der Waals surface area contributed by atoms with Crippen LogP contribution in [0, 0.1) is 0 Å². The zero-order chi connectivity index (χ0) is 13.1. The molecule has 3 heteroatoms. The van der Waals surface area contributed by atoms with E-state index in [1.165, 1.54) is 30.4 Å². The monoisotopic (exact) mass is 261 g/mol. The molecule has 1 heterocycles. The zero-order valence-corrected chi connectivity index (χ0v) is 11.4. The molecule has 2 unspecified atom stereocenters. The van der Waals surface area contributed by atoms with E-state index in [1.54, 1.807) is 0 Å². The van der Waals surface area contributed by atoms with Crippen molar-refractivity contribution in [3.05, 3.63) is 35.4 Å². The highest BCUT2D eigenvalue weighted by molar-refractivity contribution is 5.32. The van der Waals surface area contributed by atoms with Gasteiger partial charge in [0.05, 0.1) is 25.9 Å². The quantitative estimate of drug-likeness (QED) is 0.900. The smallest absolute Gasteiger partial charge is 0.0644 e. The van der Waals surface area contributed by atoms with Crippen molar-refractivity contribution in [2.45, 2.75) is 31.2 Å². The Balaban J connectivity index is 1.73. The summed E-state index contributed by atoms with van der Waals surface area (Å²) in [5.41, 5.74) is 3.05. The molecule has 104 valence electrons. The molecule has 19 heavy (non-hydrogen) atoms. The Labute approximate surface area is 115 Å². The summed E-state index contributed by atoms with van der Waals surface area (Å²) in [7, 11) is 0. The predicted octanol–water partition coefficient (Wildman–Crippen LogP) is 1.80. The molecule has 3 rings (SSSR count). The van der Waals surface area contributed by atoms with E-state index < -0.39 is 0 Å². The lowest BCUT2D eigenvalue weighted by Gasteiger charge is -2.38. The number of aryl methyl sites for hydroxylation is 1. The lowest BCUT2D eigenvalue weighted by molar-refractivity contribution is -0.0303. The van der Waals surface area contributed by atoms with Crippen LogP contribution in [0.3, 0.4) is 0 Å². The van der Waals surface area contributed by atoms with Gasteiger partial charge in [0.15, 0.2) is 0 Å². The molecule has 0 saturated carbocycles.